The first-order valence-electron chi connectivity index (χ1n) is 5.61. The molecular weight excluding hydrogens is 310 g/mol. The Kier molecular flexibility index (Phi) is 2.70. The second-order valence-corrected chi connectivity index (χ2v) is 5.01. The van der Waals surface area contributed by atoms with E-state index in [2.05, 4.69) is 31.1 Å². The smallest absolute Gasteiger partial charge is 0.236 e. The zero-order valence-corrected chi connectivity index (χ0v) is 11.9. The maximum absolute atomic E-state index is 12.3. The molecule has 0 aliphatic carbocycles. The lowest BCUT2D eigenvalue weighted by Gasteiger charge is -1.93. The molecule has 96 valence electrons. The Morgan fingerprint density at radius 2 is 2.05 bits per heavy atom. The highest BCUT2D eigenvalue weighted by atomic mass is 79.9. The maximum atomic E-state index is 12.3. The highest BCUT2D eigenvalue weighted by Crippen LogP contribution is 2.16. The second-order valence-electron chi connectivity index (χ2n) is 4.26. The van der Waals surface area contributed by atoms with Crippen LogP contribution in [0.15, 0.2) is 29.1 Å². The third kappa shape index (κ3) is 2.06. The molecule has 0 fully saturated rings. The fourth-order valence-electron chi connectivity index (χ4n) is 1.86. The summed E-state index contributed by atoms with van der Waals surface area (Å²) >= 11 is 3.22. The molecule has 0 aromatic carbocycles. The molecule has 3 heterocycles. The number of aryl methyl sites for hydroxylation is 2. The van der Waals surface area contributed by atoms with E-state index in [4.69, 9.17) is 0 Å². The minimum atomic E-state index is -0.249. The third-order valence-corrected chi connectivity index (χ3v) is 3.25. The van der Waals surface area contributed by atoms with Crippen LogP contribution in [0.4, 0.5) is 0 Å². The van der Waals surface area contributed by atoms with E-state index in [-0.39, 0.29) is 11.5 Å². The number of carbonyl (C=O) groups is 1. The van der Waals surface area contributed by atoms with Crippen LogP contribution in [0, 0.1) is 6.92 Å². The predicted molar refractivity (Wildman–Crippen MR) is 72.1 cm³/mol. The molecule has 3 rings (SSSR count). The van der Waals surface area contributed by atoms with E-state index in [0.29, 0.717) is 10.3 Å². The first kappa shape index (κ1) is 12.0. The molecule has 0 amide bonds. The van der Waals surface area contributed by atoms with E-state index >= 15 is 0 Å². The van der Waals surface area contributed by atoms with Crippen molar-refractivity contribution in [3.05, 3.63) is 46.1 Å². The Hall–Kier alpha value is -2.02. The zero-order chi connectivity index (χ0) is 13.6. The average Bonchev–Trinajstić information content (AvgIpc) is 2.91. The molecule has 19 heavy (non-hydrogen) atoms. The number of rotatable bonds is 2. The van der Waals surface area contributed by atoms with Crippen molar-refractivity contribution in [3.63, 3.8) is 0 Å². The largest absolute Gasteiger partial charge is 0.306 e. The third-order valence-electron chi connectivity index (χ3n) is 2.72. The van der Waals surface area contributed by atoms with Crippen LogP contribution in [0.3, 0.4) is 0 Å². The Balaban J connectivity index is 2.09. The lowest BCUT2D eigenvalue weighted by Crippen LogP contribution is -2.04. The zero-order valence-electron chi connectivity index (χ0n) is 10.3. The molecule has 3 aromatic rings. The van der Waals surface area contributed by atoms with Crippen molar-refractivity contribution in [1.82, 2.24) is 24.4 Å². The summed E-state index contributed by atoms with van der Waals surface area (Å²) in [5.74, 6) is -0.249. The molecule has 0 saturated heterocycles. The number of hydrogen-bond acceptors (Lipinski definition) is 4. The minimum Gasteiger partial charge on any atom is -0.306 e. The molecule has 0 atom stereocenters. The summed E-state index contributed by atoms with van der Waals surface area (Å²) in [6.45, 7) is 1.99. The monoisotopic (exact) mass is 319 g/mol. The number of halogens is 1. The van der Waals surface area contributed by atoms with Gasteiger partial charge in [0.05, 0.1) is 0 Å². The molecule has 0 unspecified atom stereocenters. The van der Waals surface area contributed by atoms with Crippen LogP contribution < -0.4 is 0 Å². The number of pyridine rings is 1. The Morgan fingerprint density at radius 3 is 2.74 bits per heavy atom. The van der Waals surface area contributed by atoms with Gasteiger partial charge < -0.3 is 4.40 Å². The van der Waals surface area contributed by atoms with Gasteiger partial charge in [0, 0.05) is 19.4 Å². The van der Waals surface area contributed by atoms with Crippen LogP contribution in [0.25, 0.3) is 5.65 Å². The molecule has 0 saturated carbocycles. The molecule has 0 bridgehead atoms. The number of ketones is 1. The van der Waals surface area contributed by atoms with Gasteiger partial charge in [-0.2, -0.15) is 4.80 Å². The van der Waals surface area contributed by atoms with Gasteiger partial charge in [-0.25, -0.2) is 4.98 Å². The number of aromatic nitrogens is 5. The van der Waals surface area contributed by atoms with Gasteiger partial charge in [-0.1, -0.05) is 6.07 Å². The molecule has 0 spiro atoms. The van der Waals surface area contributed by atoms with E-state index in [0.717, 1.165) is 11.2 Å². The van der Waals surface area contributed by atoms with Gasteiger partial charge in [0.1, 0.15) is 11.3 Å². The van der Waals surface area contributed by atoms with Crippen LogP contribution in [0.5, 0.6) is 0 Å². The molecular formula is C12H10BrN5O. The highest BCUT2D eigenvalue weighted by Gasteiger charge is 2.20. The van der Waals surface area contributed by atoms with Gasteiger partial charge >= 0.3 is 0 Å². The minimum absolute atomic E-state index is 0.249. The first-order chi connectivity index (χ1) is 9.04. The molecule has 0 N–H and O–H groups in total. The Morgan fingerprint density at radius 1 is 1.26 bits per heavy atom. The summed E-state index contributed by atoms with van der Waals surface area (Å²) in [6.07, 6.45) is 3.62. The van der Waals surface area contributed by atoms with Crippen molar-refractivity contribution >= 4 is 27.4 Å². The molecule has 7 heteroatoms. The van der Waals surface area contributed by atoms with Gasteiger partial charge in [0.2, 0.25) is 5.78 Å². The summed E-state index contributed by atoms with van der Waals surface area (Å²) in [5, 5.41) is 8.03. The van der Waals surface area contributed by atoms with Crippen LogP contribution in [-0.2, 0) is 7.05 Å². The van der Waals surface area contributed by atoms with Crippen molar-refractivity contribution in [3.8, 4) is 0 Å². The molecule has 6 nitrogen and oxygen atoms in total. The van der Waals surface area contributed by atoms with Crippen LogP contribution >= 0.6 is 15.9 Å². The summed E-state index contributed by atoms with van der Waals surface area (Å²) in [7, 11) is 1.66. The summed E-state index contributed by atoms with van der Waals surface area (Å²) < 4.78 is 2.25. The van der Waals surface area contributed by atoms with Gasteiger partial charge in [0.25, 0.3) is 0 Å². The Bertz CT molecular complexity index is 789. The number of nitrogens with zero attached hydrogens (tertiary/aromatic N) is 5. The first-order valence-corrected chi connectivity index (χ1v) is 6.41. The van der Waals surface area contributed by atoms with Crippen molar-refractivity contribution in [2.45, 2.75) is 6.92 Å². The van der Waals surface area contributed by atoms with Crippen molar-refractivity contribution < 1.29 is 4.79 Å². The number of imidazole rings is 1. The highest BCUT2D eigenvalue weighted by molar-refractivity contribution is 9.10. The van der Waals surface area contributed by atoms with Gasteiger partial charge in [-0.05, 0) is 34.5 Å². The van der Waals surface area contributed by atoms with E-state index in [1.54, 1.807) is 13.2 Å². The van der Waals surface area contributed by atoms with Gasteiger partial charge in [-0.15, -0.1) is 10.2 Å². The quantitative estimate of drug-likeness (QED) is 0.675. The average molecular weight is 320 g/mol. The van der Waals surface area contributed by atoms with Crippen molar-refractivity contribution in [2.75, 3.05) is 0 Å². The standard InChI is InChI=1S/C12H10BrN5O/c1-7-3-4-9-14-8(6-18(9)5-7)11(19)10-12(13)16-17(2)15-10/h3-6H,1-2H3. The molecule has 0 aliphatic heterocycles. The number of carbonyl (C=O) groups excluding carboxylic acids is 1. The Labute approximate surface area is 117 Å². The van der Waals surface area contributed by atoms with E-state index in [9.17, 15) is 4.79 Å². The summed E-state index contributed by atoms with van der Waals surface area (Å²) in [4.78, 5) is 18.0. The van der Waals surface area contributed by atoms with E-state index in [1.807, 2.05) is 29.7 Å². The lowest BCUT2D eigenvalue weighted by atomic mass is 10.2. The summed E-state index contributed by atoms with van der Waals surface area (Å²) in [6, 6.07) is 3.83. The molecule has 0 radical (unpaired) electrons. The van der Waals surface area contributed by atoms with E-state index in [1.165, 1.54) is 4.80 Å². The van der Waals surface area contributed by atoms with Crippen molar-refractivity contribution in [2.24, 2.45) is 7.05 Å². The lowest BCUT2D eigenvalue weighted by molar-refractivity contribution is 0.102. The van der Waals surface area contributed by atoms with Gasteiger partial charge in [0.15, 0.2) is 10.3 Å². The van der Waals surface area contributed by atoms with Crippen LogP contribution in [-0.4, -0.2) is 30.2 Å². The molecule has 0 aliphatic rings. The maximum Gasteiger partial charge on any atom is 0.236 e. The SMILES string of the molecule is Cc1ccc2nc(C(=O)c3nn(C)nc3Br)cn2c1. The van der Waals surface area contributed by atoms with Crippen molar-refractivity contribution in [1.29, 1.82) is 0 Å². The fourth-order valence-corrected chi connectivity index (χ4v) is 2.34. The predicted octanol–water partition coefficient (Wildman–Crippen LogP) is 1.76. The number of fused-ring (bicyclic) bond motifs is 1. The van der Waals surface area contributed by atoms with Crippen LogP contribution in [0.1, 0.15) is 21.7 Å². The second kappa shape index (κ2) is 4.27. The van der Waals surface area contributed by atoms with E-state index < -0.39 is 0 Å². The normalized spacial score (nSPS) is 11.1. The summed E-state index contributed by atoms with van der Waals surface area (Å²) in [5.41, 5.74) is 2.45. The van der Waals surface area contributed by atoms with Gasteiger partial charge in [-0.3, -0.25) is 4.79 Å². The fraction of sp³-hybridized carbons (Fsp3) is 0.167. The number of hydrogen-bond donors (Lipinski definition) is 0. The topological polar surface area (TPSA) is 65.1 Å². The molecule has 3 aromatic heterocycles. The van der Waals surface area contributed by atoms with Crippen LogP contribution in [0.2, 0.25) is 0 Å².